The van der Waals surface area contributed by atoms with E-state index in [1.54, 1.807) is 33.3 Å². The van der Waals surface area contributed by atoms with E-state index in [9.17, 15) is 10.1 Å². The minimum atomic E-state index is -0.473. The molecule has 0 atom stereocenters. The van der Waals surface area contributed by atoms with Crippen molar-refractivity contribution >= 4 is 11.9 Å². The zero-order valence-corrected chi connectivity index (χ0v) is 14.9. The van der Waals surface area contributed by atoms with Gasteiger partial charge in [-0.15, -0.1) is 0 Å². The summed E-state index contributed by atoms with van der Waals surface area (Å²) in [5, 5.41) is 15.2. The Labute approximate surface area is 151 Å². The molecule has 26 heavy (non-hydrogen) atoms. The van der Waals surface area contributed by atoms with E-state index in [1.807, 2.05) is 18.2 Å². The number of methoxy groups -OCH3 is 2. The summed E-state index contributed by atoms with van der Waals surface area (Å²) in [6.07, 6.45) is 1.52. The average molecular weight is 359 g/mol. The van der Waals surface area contributed by atoms with E-state index in [-0.39, 0.29) is 11.4 Å². The van der Waals surface area contributed by atoms with Gasteiger partial charge in [0.2, 0.25) is 0 Å². The third-order valence-electron chi connectivity index (χ3n) is 3.52. The van der Waals surface area contributed by atoms with Crippen LogP contribution in [0.1, 0.15) is 18.1 Å². The van der Waals surface area contributed by atoms with Crippen LogP contribution < -0.4 is 19.6 Å². The van der Waals surface area contributed by atoms with Gasteiger partial charge >= 0.3 is 5.69 Å². The van der Waals surface area contributed by atoms with Crippen LogP contribution in [0, 0.1) is 10.1 Å². The molecule has 0 fully saturated rings. The maximum atomic E-state index is 11.1. The Kier molecular flexibility index (Phi) is 6.78. The van der Waals surface area contributed by atoms with E-state index in [1.165, 1.54) is 12.3 Å². The number of hydrogen-bond donors (Lipinski definition) is 1. The number of ether oxygens (including phenoxy) is 3. The first kappa shape index (κ1) is 19.0. The maximum absolute atomic E-state index is 11.1. The molecule has 2 aromatic rings. The van der Waals surface area contributed by atoms with Gasteiger partial charge in [-0.3, -0.25) is 10.1 Å². The standard InChI is InChI=1S/C18H21N3O5/c1-4-26-16-7-5-13(9-15(16)21(22)23)11-19-20-12-14-6-8-17(24-2)18(10-14)25-3/h5-11,20H,4,12H2,1-3H3/b19-11-. The van der Waals surface area contributed by atoms with Crippen molar-refractivity contribution < 1.29 is 19.1 Å². The van der Waals surface area contributed by atoms with Crippen LogP contribution in [0.25, 0.3) is 0 Å². The minimum absolute atomic E-state index is 0.0873. The lowest BCUT2D eigenvalue weighted by Crippen LogP contribution is -2.06. The lowest BCUT2D eigenvalue weighted by molar-refractivity contribution is -0.385. The van der Waals surface area contributed by atoms with E-state index < -0.39 is 4.92 Å². The third kappa shape index (κ3) is 4.85. The summed E-state index contributed by atoms with van der Waals surface area (Å²) in [4.78, 5) is 10.6. The number of nitrogens with zero attached hydrogens (tertiary/aromatic N) is 2. The highest BCUT2D eigenvalue weighted by Gasteiger charge is 2.15. The summed E-state index contributed by atoms with van der Waals surface area (Å²) in [5.74, 6) is 1.53. The molecule has 8 heteroatoms. The normalized spacial score (nSPS) is 10.6. The van der Waals surface area contributed by atoms with Crippen LogP contribution in [0.2, 0.25) is 0 Å². The molecule has 8 nitrogen and oxygen atoms in total. The largest absolute Gasteiger partial charge is 0.493 e. The SMILES string of the molecule is CCOc1ccc(/C=N\NCc2ccc(OC)c(OC)c2)cc1[N+](=O)[O-]. The Hall–Kier alpha value is -3.29. The number of rotatable bonds is 9. The average Bonchev–Trinajstić information content (AvgIpc) is 2.66. The highest BCUT2D eigenvalue weighted by molar-refractivity contribution is 5.81. The van der Waals surface area contributed by atoms with Gasteiger partial charge in [0.25, 0.3) is 0 Å². The molecule has 0 saturated heterocycles. The second-order valence-electron chi connectivity index (χ2n) is 5.20. The first-order chi connectivity index (χ1) is 12.6. The second-order valence-corrected chi connectivity index (χ2v) is 5.20. The summed E-state index contributed by atoms with van der Waals surface area (Å²) in [7, 11) is 3.15. The number of benzene rings is 2. The summed E-state index contributed by atoms with van der Waals surface area (Å²) < 4.78 is 15.7. The van der Waals surface area contributed by atoms with Crippen molar-refractivity contribution in [3.8, 4) is 17.2 Å². The highest BCUT2D eigenvalue weighted by atomic mass is 16.6. The van der Waals surface area contributed by atoms with Gasteiger partial charge in [0, 0.05) is 11.6 Å². The Balaban J connectivity index is 2.02. The van der Waals surface area contributed by atoms with Crippen molar-refractivity contribution in [1.82, 2.24) is 5.43 Å². The van der Waals surface area contributed by atoms with Crippen LogP contribution in [-0.2, 0) is 6.54 Å². The second kappa shape index (κ2) is 9.26. The lowest BCUT2D eigenvalue weighted by Gasteiger charge is -2.09. The first-order valence-corrected chi connectivity index (χ1v) is 7.97. The first-order valence-electron chi connectivity index (χ1n) is 7.97. The molecule has 0 amide bonds. The van der Waals surface area contributed by atoms with Gasteiger partial charge in [-0.1, -0.05) is 6.07 Å². The molecule has 2 rings (SSSR count). The van der Waals surface area contributed by atoms with Crippen molar-refractivity contribution in [2.45, 2.75) is 13.5 Å². The molecule has 0 unspecified atom stereocenters. The van der Waals surface area contributed by atoms with Crippen LogP contribution in [0.4, 0.5) is 5.69 Å². The Morgan fingerprint density at radius 1 is 1.12 bits per heavy atom. The molecule has 0 saturated carbocycles. The van der Waals surface area contributed by atoms with Crippen LogP contribution in [0.15, 0.2) is 41.5 Å². The molecule has 0 aliphatic carbocycles. The molecule has 0 spiro atoms. The molecule has 0 aliphatic heterocycles. The van der Waals surface area contributed by atoms with E-state index in [4.69, 9.17) is 14.2 Å². The van der Waals surface area contributed by atoms with Crippen molar-refractivity contribution in [2.24, 2.45) is 5.10 Å². The Bertz CT molecular complexity index is 792. The summed E-state index contributed by atoms with van der Waals surface area (Å²) >= 11 is 0. The molecular weight excluding hydrogens is 338 g/mol. The van der Waals surface area contributed by atoms with E-state index in [0.717, 1.165) is 5.56 Å². The van der Waals surface area contributed by atoms with Gasteiger partial charge in [-0.2, -0.15) is 5.10 Å². The number of hydrazone groups is 1. The van der Waals surface area contributed by atoms with Gasteiger partial charge in [0.05, 0.1) is 38.5 Å². The monoisotopic (exact) mass is 359 g/mol. The van der Waals surface area contributed by atoms with Crippen LogP contribution in [-0.4, -0.2) is 32.0 Å². The van der Waals surface area contributed by atoms with Crippen molar-refractivity contribution in [3.05, 3.63) is 57.6 Å². The molecule has 0 radical (unpaired) electrons. The third-order valence-corrected chi connectivity index (χ3v) is 3.52. The van der Waals surface area contributed by atoms with Crippen molar-refractivity contribution in [2.75, 3.05) is 20.8 Å². The van der Waals surface area contributed by atoms with Crippen LogP contribution >= 0.6 is 0 Å². The quantitative estimate of drug-likeness (QED) is 0.420. The van der Waals surface area contributed by atoms with Gasteiger partial charge in [-0.05, 0) is 36.8 Å². The zero-order chi connectivity index (χ0) is 18.9. The molecule has 0 heterocycles. The maximum Gasteiger partial charge on any atom is 0.311 e. The smallest absolute Gasteiger partial charge is 0.311 e. The van der Waals surface area contributed by atoms with Gasteiger partial charge in [0.15, 0.2) is 17.2 Å². The predicted molar refractivity (Wildman–Crippen MR) is 98.2 cm³/mol. The number of nitro groups is 1. The van der Waals surface area contributed by atoms with Gasteiger partial charge in [0.1, 0.15) is 0 Å². The Morgan fingerprint density at radius 3 is 2.50 bits per heavy atom. The number of nitrogens with one attached hydrogen (secondary N) is 1. The predicted octanol–water partition coefficient (Wildman–Crippen LogP) is 3.13. The molecule has 1 N–H and O–H groups in total. The minimum Gasteiger partial charge on any atom is -0.493 e. The van der Waals surface area contributed by atoms with Crippen LogP contribution in [0.3, 0.4) is 0 Å². The fourth-order valence-electron chi connectivity index (χ4n) is 2.28. The van der Waals surface area contributed by atoms with Crippen molar-refractivity contribution in [3.63, 3.8) is 0 Å². The molecule has 0 aromatic heterocycles. The number of nitro benzene ring substituents is 1. The molecular formula is C18H21N3O5. The topological polar surface area (TPSA) is 95.2 Å². The number of hydrogen-bond acceptors (Lipinski definition) is 7. The Morgan fingerprint density at radius 2 is 1.85 bits per heavy atom. The summed E-state index contributed by atoms with van der Waals surface area (Å²) in [6.45, 7) is 2.61. The van der Waals surface area contributed by atoms with E-state index in [0.29, 0.717) is 30.2 Å². The summed E-state index contributed by atoms with van der Waals surface area (Å²) in [5.41, 5.74) is 4.37. The van der Waals surface area contributed by atoms with Crippen molar-refractivity contribution in [1.29, 1.82) is 0 Å². The molecule has 138 valence electrons. The van der Waals surface area contributed by atoms with E-state index in [2.05, 4.69) is 10.5 Å². The lowest BCUT2D eigenvalue weighted by atomic mass is 10.2. The van der Waals surface area contributed by atoms with Crippen LogP contribution in [0.5, 0.6) is 17.2 Å². The fraction of sp³-hybridized carbons (Fsp3) is 0.278. The zero-order valence-electron chi connectivity index (χ0n) is 14.9. The highest BCUT2D eigenvalue weighted by Crippen LogP contribution is 2.28. The summed E-state index contributed by atoms with van der Waals surface area (Å²) in [6, 6.07) is 10.3. The molecule has 0 aliphatic rings. The fourth-order valence-corrected chi connectivity index (χ4v) is 2.28. The molecule has 0 bridgehead atoms. The molecule has 2 aromatic carbocycles. The van der Waals surface area contributed by atoms with E-state index >= 15 is 0 Å². The van der Waals surface area contributed by atoms with Gasteiger partial charge in [-0.25, -0.2) is 0 Å². The van der Waals surface area contributed by atoms with Gasteiger partial charge < -0.3 is 19.6 Å².